The second-order valence-electron chi connectivity index (χ2n) is 16.2. The number of aryl methyl sites for hydroxylation is 2. The Hall–Kier alpha value is -6.88. The normalized spacial score (nSPS) is 13.8. The van der Waals surface area contributed by atoms with Crippen molar-refractivity contribution in [1.82, 2.24) is 0 Å². The molecule has 7 aromatic rings. The monoisotopic (exact) mass is 722 g/mol. The summed E-state index contributed by atoms with van der Waals surface area (Å²) in [6, 6.07) is 53.2. The van der Waals surface area contributed by atoms with Crippen molar-refractivity contribution in [3.05, 3.63) is 196 Å². The zero-order valence-corrected chi connectivity index (χ0v) is 32.6. The van der Waals surface area contributed by atoms with Crippen molar-refractivity contribution in [3.63, 3.8) is 0 Å². The molecule has 0 atom stereocenters. The SMILES string of the molecule is [C-]#[N+]c1ccc(N(c2ccccc2)c2cc(C)c3c(c2)C(C)(C)c2c-3ccc3c2C(C)(C)c2cc(N(c4ccccc4)c4ccc(C#N)cc4)cc(C)c2-3)cc1. The summed E-state index contributed by atoms with van der Waals surface area (Å²) in [5, 5.41) is 9.54. The zero-order valence-electron chi connectivity index (χ0n) is 32.6. The van der Waals surface area contributed by atoms with Crippen LogP contribution in [0.5, 0.6) is 0 Å². The maximum Gasteiger partial charge on any atom is 0.187 e. The van der Waals surface area contributed by atoms with Crippen molar-refractivity contribution in [2.45, 2.75) is 52.4 Å². The smallest absolute Gasteiger partial charge is 0.187 e. The Labute approximate surface area is 330 Å². The van der Waals surface area contributed by atoms with Gasteiger partial charge >= 0.3 is 0 Å². The fourth-order valence-electron chi connectivity index (χ4n) is 9.49. The van der Waals surface area contributed by atoms with Crippen LogP contribution in [0.4, 0.5) is 39.8 Å². The first-order valence-corrected chi connectivity index (χ1v) is 19.2. The molecule has 270 valence electrons. The number of hydrogen-bond donors (Lipinski definition) is 0. The highest BCUT2D eigenvalue weighted by atomic mass is 15.1. The number of anilines is 6. The summed E-state index contributed by atoms with van der Waals surface area (Å²) in [5.74, 6) is 0. The van der Waals surface area contributed by atoms with Crippen molar-refractivity contribution in [3.8, 4) is 28.3 Å². The van der Waals surface area contributed by atoms with Crippen LogP contribution in [-0.2, 0) is 10.8 Å². The third-order valence-corrected chi connectivity index (χ3v) is 12.0. The second-order valence-corrected chi connectivity index (χ2v) is 16.2. The van der Waals surface area contributed by atoms with Gasteiger partial charge in [-0.05, 0) is 154 Å². The van der Waals surface area contributed by atoms with Crippen LogP contribution in [-0.4, -0.2) is 0 Å². The molecule has 7 aromatic carbocycles. The van der Waals surface area contributed by atoms with Gasteiger partial charge in [-0.2, -0.15) is 5.26 Å². The highest BCUT2D eigenvalue weighted by Gasteiger charge is 2.47. The number of hydrogen-bond acceptors (Lipinski definition) is 3. The number of para-hydroxylation sites is 2. The number of nitrogens with zero attached hydrogens (tertiary/aromatic N) is 4. The lowest BCUT2D eigenvalue weighted by Gasteiger charge is -2.32. The lowest BCUT2D eigenvalue weighted by atomic mass is 9.72. The first-order chi connectivity index (χ1) is 27.0. The minimum absolute atomic E-state index is 0.276. The Bertz CT molecular complexity index is 2570. The first-order valence-electron chi connectivity index (χ1n) is 19.2. The maximum absolute atomic E-state index is 9.54. The molecule has 0 aliphatic heterocycles. The standard InChI is InChI=1S/C52H42N4/c1-33-28-41(55(37-14-10-8-11-15-37)39-22-18-35(32-53)19-23-39)30-45-47(33)43-26-27-44-48-34(2)29-42(31-46(48)52(5,6)50(44)49(43)51(45,3)4)56(38-16-12-9-13-17-38)40-24-20-36(54-7)21-25-40/h8-31H,1-6H3. The van der Waals surface area contributed by atoms with Gasteiger partial charge in [-0.15, -0.1) is 0 Å². The molecule has 0 amide bonds. The molecule has 0 saturated carbocycles. The largest absolute Gasteiger partial charge is 0.311 e. The number of benzene rings is 7. The molecule has 0 fully saturated rings. The van der Waals surface area contributed by atoms with Crippen LogP contribution in [0.1, 0.15) is 66.6 Å². The van der Waals surface area contributed by atoms with Gasteiger partial charge in [0, 0.05) is 45.0 Å². The average Bonchev–Trinajstić information content (AvgIpc) is 3.59. The Morgan fingerprint density at radius 3 is 1.29 bits per heavy atom. The van der Waals surface area contributed by atoms with Crippen LogP contribution < -0.4 is 9.80 Å². The molecule has 4 nitrogen and oxygen atoms in total. The van der Waals surface area contributed by atoms with Gasteiger partial charge in [0.15, 0.2) is 5.69 Å². The number of fused-ring (bicyclic) bond motifs is 7. The van der Waals surface area contributed by atoms with Crippen LogP contribution in [0, 0.1) is 31.8 Å². The molecule has 0 radical (unpaired) electrons. The molecular formula is C52H42N4. The minimum atomic E-state index is -0.277. The lowest BCUT2D eigenvalue weighted by Crippen LogP contribution is -2.24. The molecule has 0 unspecified atom stereocenters. The molecule has 0 saturated heterocycles. The third kappa shape index (κ3) is 5.25. The molecule has 56 heavy (non-hydrogen) atoms. The quantitative estimate of drug-likeness (QED) is 0.160. The lowest BCUT2D eigenvalue weighted by molar-refractivity contribution is 0.601. The van der Waals surface area contributed by atoms with Crippen LogP contribution in [0.3, 0.4) is 0 Å². The van der Waals surface area contributed by atoms with E-state index in [9.17, 15) is 5.26 Å². The molecule has 0 bridgehead atoms. The summed E-state index contributed by atoms with van der Waals surface area (Å²) in [5.41, 5.74) is 20.4. The van der Waals surface area contributed by atoms with Crippen LogP contribution in [0.15, 0.2) is 146 Å². The Morgan fingerprint density at radius 2 is 0.893 bits per heavy atom. The van der Waals surface area contributed by atoms with Gasteiger partial charge in [-0.25, -0.2) is 4.85 Å². The summed E-state index contributed by atoms with van der Waals surface area (Å²) in [6.45, 7) is 21.6. The van der Waals surface area contributed by atoms with Crippen molar-refractivity contribution in [2.24, 2.45) is 0 Å². The second kappa shape index (κ2) is 12.9. The van der Waals surface area contributed by atoms with Crippen LogP contribution >= 0.6 is 0 Å². The van der Waals surface area contributed by atoms with Gasteiger partial charge in [0.05, 0.1) is 18.2 Å². The minimum Gasteiger partial charge on any atom is -0.311 e. The molecule has 2 aliphatic carbocycles. The Balaban J connectivity index is 1.19. The average molecular weight is 723 g/mol. The first kappa shape index (κ1) is 34.9. The summed E-state index contributed by atoms with van der Waals surface area (Å²) >= 11 is 0. The molecule has 4 heteroatoms. The third-order valence-electron chi connectivity index (χ3n) is 12.0. The molecule has 0 spiro atoms. The van der Waals surface area contributed by atoms with E-state index in [1.165, 1.54) is 55.6 Å². The summed E-state index contributed by atoms with van der Waals surface area (Å²) in [4.78, 5) is 8.26. The van der Waals surface area contributed by atoms with Crippen LogP contribution in [0.25, 0.3) is 27.1 Å². The van der Waals surface area contributed by atoms with Gasteiger partial charge in [-0.1, -0.05) is 88.4 Å². The summed E-state index contributed by atoms with van der Waals surface area (Å²) in [7, 11) is 0. The highest BCUT2D eigenvalue weighted by molar-refractivity contribution is 5.95. The van der Waals surface area contributed by atoms with E-state index >= 15 is 0 Å². The van der Waals surface area contributed by atoms with Crippen molar-refractivity contribution in [2.75, 3.05) is 9.80 Å². The van der Waals surface area contributed by atoms with Crippen molar-refractivity contribution < 1.29 is 0 Å². The number of nitriles is 1. The van der Waals surface area contributed by atoms with E-state index in [1.54, 1.807) is 0 Å². The van der Waals surface area contributed by atoms with E-state index in [-0.39, 0.29) is 10.8 Å². The predicted molar refractivity (Wildman–Crippen MR) is 231 cm³/mol. The van der Waals surface area contributed by atoms with Gasteiger partial charge < -0.3 is 9.80 Å². The fraction of sp³-hybridized carbons (Fsp3) is 0.154. The summed E-state index contributed by atoms with van der Waals surface area (Å²) in [6.07, 6.45) is 0. The Kier molecular flexibility index (Phi) is 8.01. The zero-order chi connectivity index (χ0) is 38.9. The number of rotatable bonds is 6. The van der Waals surface area contributed by atoms with Crippen molar-refractivity contribution >= 4 is 39.8 Å². The maximum atomic E-state index is 9.54. The van der Waals surface area contributed by atoms with Gasteiger partial charge in [0.2, 0.25) is 0 Å². The van der Waals surface area contributed by atoms with E-state index in [2.05, 4.69) is 153 Å². The van der Waals surface area contributed by atoms with E-state index in [0.717, 1.165) is 34.1 Å². The summed E-state index contributed by atoms with van der Waals surface area (Å²) < 4.78 is 0. The molecule has 0 aromatic heterocycles. The van der Waals surface area contributed by atoms with E-state index < -0.39 is 0 Å². The van der Waals surface area contributed by atoms with Gasteiger partial charge in [-0.3, -0.25) is 0 Å². The van der Waals surface area contributed by atoms with E-state index in [0.29, 0.717) is 11.3 Å². The van der Waals surface area contributed by atoms with Crippen molar-refractivity contribution in [1.29, 1.82) is 5.26 Å². The Morgan fingerprint density at radius 1 is 0.500 bits per heavy atom. The van der Waals surface area contributed by atoms with Crippen LogP contribution in [0.2, 0.25) is 0 Å². The van der Waals surface area contributed by atoms with Gasteiger partial charge in [0.1, 0.15) is 0 Å². The van der Waals surface area contributed by atoms with Gasteiger partial charge in [0.25, 0.3) is 0 Å². The topological polar surface area (TPSA) is 34.6 Å². The highest BCUT2D eigenvalue weighted by Crippen LogP contribution is 2.61. The van der Waals surface area contributed by atoms with E-state index in [1.807, 2.05) is 54.6 Å². The fourth-order valence-corrected chi connectivity index (χ4v) is 9.49. The molecular weight excluding hydrogens is 681 g/mol. The predicted octanol–water partition coefficient (Wildman–Crippen LogP) is 14.3. The molecule has 0 N–H and O–H groups in total. The van der Waals surface area contributed by atoms with E-state index in [4.69, 9.17) is 6.57 Å². The molecule has 9 rings (SSSR count). The molecule has 2 aliphatic rings. The molecule has 0 heterocycles.